The third-order valence-electron chi connectivity index (χ3n) is 3.83. The molecular weight excluding hydrogens is 278 g/mol. The Hall–Kier alpha value is -1.55. The van der Waals surface area contributed by atoms with E-state index in [2.05, 4.69) is 0 Å². The SMILES string of the molecule is CCN1CC(C)(CC(=O)OC)c2cc(Cl)ccc2C1=O. The van der Waals surface area contributed by atoms with E-state index in [1.54, 1.807) is 23.1 Å². The molecule has 0 radical (unpaired) electrons. The Labute approximate surface area is 123 Å². The molecule has 108 valence electrons. The first-order chi connectivity index (χ1) is 9.41. The molecule has 1 heterocycles. The molecule has 5 heteroatoms. The number of carbonyl (C=O) groups is 2. The zero-order valence-corrected chi connectivity index (χ0v) is 12.7. The van der Waals surface area contributed by atoms with Crippen molar-refractivity contribution in [1.29, 1.82) is 0 Å². The summed E-state index contributed by atoms with van der Waals surface area (Å²) < 4.78 is 4.78. The van der Waals surface area contributed by atoms with E-state index in [1.807, 2.05) is 13.8 Å². The molecule has 2 rings (SSSR count). The van der Waals surface area contributed by atoms with E-state index in [1.165, 1.54) is 7.11 Å². The zero-order valence-electron chi connectivity index (χ0n) is 11.9. The normalized spacial score (nSPS) is 21.6. The molecule has 1 aliphatic rings. The van der Waals surface area contributed by atoms with Gasteiger partial charge in [-0.15, -0.1) is 0 Å². The number of ether oxygens (including phenoxy) is 1. The van der Waals surface area contributed by atoms with E-state index in [-0.39, 0.29) is 18.3 Å². The fourth-order valence-corrected chi connectivity index (χ4v) is 2.92. The molecular formula is C15H18ClNO3. The van der Waals surface area contributed by atoms with Crippen molar-refractivity contribution in [2.24, 2.45) is 0 Å². The predicted octanol–water partition coefficient (Wildman–Crippen LogP) is 2.64. The summed E-state index contributed by atoms with van der Waals surface area (Å²) in [5.74, 6) is -0.301. The van der Waals surface area contributed by atoms with Crippen LogP contribution < -0.4 is 0 Å². The quantitative estimate of drug-likeness (QED) is 0.805. The van der Waals surface area contributed by atoms with Gasteiger partial charge in [0.15, 0.2) is 0 Å². The lowest BCUT2D eigenvalue weighted by Gasteiger charge is -2.41. The monoisotopic (exact) mass is 295 g/mol. The lowest BCUT2D eigenvalue weighted by atomic mass is 9.74. The molecule has 0 aliphatic carbocycles. The average Bonchev–Trinajstić information content (AvgIpc) is 2.43. The molecule has 0 aromatic heterocycles. The van der Waals surface area contributed by atoms with Crippen molar-refractivity contribution in [3.05, 3.63) is 34.3 Å². The molecule has 0 saturated carbocycles. The number of hydrogen-bond donors (Lipinski definition) is 0. The molecule has 20 heavy (non-hydrogen) atoms. The van der Waals surface area contributed by atoms with E-state index in [0.717, 1.165) is 5.56 Å². The molecule has 0 spiro atoms. The Bertz CT molecular complexity index is 558. The van der Waals surface area contributed by atoms with E-state index >= 15 is 0 Å². The number of benzene rings is 1. The van der Waals surface area contributed by atoms with Gasteiger partial charge in [0.2, 0.25) is 0 Å². The number of rotatable bonds is 3. The van der Waals surface area contributed by atoms with E-state index in [0.29, 0.717) is 23.7 Å². The van der Waals surface area contributed by atoms with Crippen LogP contribution in [0.4, 0.5) is 0 Å². The van der Waals surface area contributed by atoms with Crippen LogP contribution in [0, 0.1) is 0 Å². The summed E-state index contributed by atoms with van der Waals surface area (Å²) in [4.78, 5) is 25.8. The van der Waals surface area contributed by atoms with Crippen molar-refractivity contribution in [3.8, 4) is 0 Å². The van der Waals surface area contributed by atoms with Gasteiger partial charge in [-0.1, -0.05) is 18.5 Å². The standard InChI is InChI=1S/C15H18ClNO3/c1-4-17-9-15(2,8-13(18)20-3)12-7-10(16)5-6-11(12)14(17)19/h5-7H,4,8-9H2,1-3H3. The summed E-state index contributed by atoms with van der Waals surface area (Å²) in [6, 6.07) is 5.22. The highest BCUT2D eigenvalue weighted by Gasteiger charge is 2.41. The van der Waals surface area contributed by atoms with Gasteiger partial charge in [0, 0.05) is 29.1 Å². The Balaban J connectivity index is 2.52. The second-order valence-electron chi connectivity index (χ2n) is 5.32. The third-order valence-corrected chi connectivity index (χ3v) is 4.07. The van der Waals surface area contributed by atoms with Crippen molar-refractivity contribution < 1.29 is 14.3 Å². The van der Waals surface area contributed by atoms with Crippen LogP contribution in [0.25, 0.3) is 0 Å². The number of carbonyl (C=O) groups excluding carboxylic acids is 2. The van der Waals surface area contributed by atoms with Crippen LogP contribution in [0.5, 0.6) is 0 Å². The van der Waals surface area contributed by atoms with Gasteiger partial charge in [-0.3, -0.25) is 9.59 Å². The molecule has 1 aromatic rings. The second-order valence-corrected chi connectivity index (χ2v) is 5.76. The number of amides is 1. The Morgan fingerprint density at radius 3 is 2.80 bits per heavy atom. The first-order valence-corrected chi connectivity index (χ1v) is 6.95. The molecule has 1 unspecified atom stereocenters. The van der Waals surface area contributed by atoms with Gasteiger partial charge in [-0.05, 0) is 30.7 Å². The average molecular weight is 296 g/mol. The predicted molar refractivity (Wildman–Crippen MR) is 77.0 cm³/mol. The maximum absolute atomic E-state index is 12.4. The minimum atomic E-state index is -0.475. The maximum atomic E-state index is 12.4. The molecule has 4 nitrogen and oxygen atoms in total. The topological polar surface area (TPSA) is 46.6 Å². The Kier molecular flexibility index (Phi) is 4.04. The lowest BCUT2D eigenvalue weighted by Crippen LogP contribution is -2.49. The minimum absolute atomic E-state index is 0.0125. The summed E-state index contributed by atoms with van der Waals surface area (Å²) in [6.07, 6.45) is 0.223. The smallest absolute Gasteiger partial charge is 0.306 e. The van der Waals surface area contributed by atoms with Crippen LogP contribution >= 0.6 is 11.6 Å². The number of esters is 1. The highest BCUT2D eigenvalue weighted by molar-refractivity contribution is 6.30. The van der Waals surface area contributed by atoms with Crippen molar-refractivity contribution in [3.63, 3.8) is 0 Å². The number of nitrogens with zero attached hydrogens (tertiary/aromatic N) is 1. The van der Waals surface area contributed by atoms with Crippen LogP contribution in [-0.2, 0) is 14.9 Å². The Morgan fingerprint density at radius 2 is 2.20 bits per heavy atom. The van der Waals surface area contributed by atoms with E-state index in [4.69, 9.17) is 16.3 Å². The van der Waals surface area contributed by atoms with E-state index < -0.39 is 5.41 Å². The van der Waals surface area contributed by atoms with Crippen LogP contribution in [0.15, 0.2) is 18.2 Å². The van der Waals surface area contributed by atoms with Gasteiger partial charge in [0.05, 0.1) is 13.5 Å². The fraction of sp³-hybridized carbons (Fsp3) is 0.467. The maximum Gasteiger partial charge on any atom is 0.306 e. The molecule has 1 aliphatic heterocycles. The summed E-state index contributed by atoms with van der Waals surface area (Å²) in [5.41, 5.74) is 0.969. The highest BCUT2D eigenvalue weighted by atomic mass is 35.5. The highest BCUT2D eigenvalue weighted by Crippen LogP contribution is 2.37. The first-order valence-electron chi connectivity index (χ1n) is 6.57. The van der Waals surface area contributed by atoms with Crippen molar-refractivity contribution in [2.75, 3.05) is 20.2 Å². The molecule has 1 amide bonds. The number of likely N-dealkylation sites (N-methyl/N-ethyl adjacent to an activating group) is 1. The minimum Gasteiger partial charge on any atom is -0.469 e. The summed E-state index contributed by atoms with van der Waals surface area (Å²) in [6.45, 7) is 4.99. The molecule has 1 atom stereocenters. The van der Waals surface area contributed by atoms with Crippen LogP contribution in [-0.4, -0.2) is 37.0 Å². The second kappa shape index (κ2) is 5.44. The molecule has 0 saturated heterocycles. The molecule has 1 aromatic carbocycles. The number of hydrogen-bond acceptors (Lipinski definition) is 3. The summed E-state index contributed by atoms with van der Waals surface area (Å²) in [7, 11) is 1.37. The van der Waals surface area contributed by atoms with Gasteiger partial charge < -0.3 is 9.64 Å². The lowest BCUT2D eigenvalue weighted by molar-refractivity contribution is -0.142. The Morgan fingerprint density at radius 1 is 1.50 bits per heavy atom. The van der Waals surface area contributed by atoms with Crippen LogP contribution in [0.3, 0.4) is 0 Å². The van der Waals surface area contributed by atoms with Gasteiger partial charge in [-0.2, -0.15) is 0 Å². The zero-order chi connectivity index (χ0) is 14.9. The largest absolute Gasteiger partial charge is 0.469 e. The third kappa shape index (κ3) is 2.52. The van der Waals surface area contributed by atoms with Gasteiger partial charge in [0.25, 0.3) is 5.91 Å². The molecule has 0 N–H and O–H groups in total. The number of fused-ring (bicyclic) bond motifs is 1. The van der Waals surface area contributed by atoms with E-state index in [9.17, 15) is 9.59 Å². The summed E-state index contributed by atoms with van der Waals surface area (Å²) in [5, 5.41) is 0.567. The number of halogens is 1. The van der Waals surface area contributed by atoms with Crippen molar-refractivity contribution in [1.82, 2.24) is 4.90 Å². The first kappa shape index (κ1) is 14.9. The van der Waals surface area contributed by atoms with Gasteiger partial charge in [-0.25, -0.2) is 0 Å². The summed E-state index contributed by atoms with van der Waals surface area (Å²) >= 11 is 6.05. The fourth-order valence-electron chi connectivity index (χ4n) is 2.75. The molecule has 0 bridgehead atoms. The van der Waals surface area contributed by atoms with Crippen LogP contribution in [0.1, 0.15) is 36.2 Å². The molecule has 0 fully saturated rings. The van der Waals surface area contributed by atoms with Gasteiger partial charge >= 0.3 is 5.97 Å². The van der Waals surface area contributed by atoms with Crippen LogP contribution in [0.2, 0.25) is 5.02 Å². The van der Waals surface area contributed by atoms with Crippen molar-refractivity contribution >= 4 is 23.5 Å². The van der Waals surface area contributed by atoms with Gasteiger partial charge in [0.1, 0.15) is 0 Å². The number of methoxy groups -OCH3 is 1. The van der Waals surface area contributed by atoms with Crippen molar-refractivity contribution in [2.45, 2.75) is 25.7 Å².